The quantitative estimate of drug-likeness (QED) is 0.646. The van der Waals surface area contributed by atoms with E-state index in [1.54, 1.807) is 6.08 Å². The average Bonchev–Trinajstić information content (AvgIpc) is 2.04. The van der Waals surface area contributed by atoms with Crippen LogP contribution in [-0.2, 0) is 0 Å². The number of hydrogen-bond donors (Lipinski definition) is 1. The highest BCUT2D eigenvalue weighted by atomic mass is 19.1. The number of halogens is 1. The Balaban J connectivity index is 4.32. The summed E-state index contributed by atoms with van der Waals surface area (Å²) in [5, 5.41) is 0. The summed E-state index contributed by atoms with van der Waals surface area (Å²) in [6.07, 6.45) is 6.02. The Kier molecular flexibility index (Phi) is 5.09. The molecular formula is C10H16FN. The molecule has 0 aromatic heterocycles. The molecule has 0 aliphatic heterocycles. The molecule has 0 fully saturated rings. The minimum absolute atomic E-state index is 0.407. The van der Waals surface area contributed by atoms with E-state index in [9.17, 15) is 4.39 Å². The summed E-state index contributed by atoms with van der Waals surface area (Å²) in [5.41, 5.74) is 6.07. The van der Waals surface area contributed by atoms with Gasteiger partial charge < -0.3 is 5.73 Å². The number of allylic oxidation sites excluding steroid dienone is 5. The fourth-order valence-corrected chi connectivity index (χ4v) is 0.853. The Morgan fingerprint density at radius 2 is 1.92 bits per heavy atom. The van der Waals surface area contributed by atoms with Gasteiger partial charge in [-0.25, -0.2) is 4.39 Å². The first-order valence-corrected chi connectivity index (χ1v) is 4.03. The zero-order valence-corrected chi connectivity index (χ0v) is 7.84. The molecule has 1 nitrogen and oxygen atoms in total. The monoisotopic (exact) mass is 169 g/mol. The van der Waals surface area contributed by atoms with E-state index in [1.807, 2.05) is 13.0 Å². The maximum Gasteiger partial charge on any atom is 0.138 e. The molecule has 0 rings (SSSR count). The molecule has 0 heterocycles. The lowest BCUT2D eigenvalue weighted by atomic mass is 10.0. The normalized spacial score (nSPS) is 14.8. The van der Waals surface area contributed by atoms with Gasteiger partial charge in [0.05, 0.1) is 0 Å². The van der Waals surface area contributed by atoms with Crippen molar-refractivity contribution in [2.45, 2.75) is 20.8 Å². The van der Waals surface area contributed by atoms with Crippen LogP contribution in [-0.4, -0.2) is 0 Å². The lowest BCUT2D eigenvalue weighted by molar-refractivity contribution is 0.662. The van der Waals surface area contributed by atoms with Crippen molar-refractivity contribution in [2.24, 2.45) is 11.7 Å². The third-order valence-corrected chi connectivity index (χ3v) is 1.59. The molecule has 0 radical (unpaired) electrons. The Morgan fingerprint density at radius 1 is 1.33 bits per heavy atom. The molecule has 0 aromatic rings. The standard InChI is InChI=1S/C10H16FN/c1-4-9(8(2)3)5-6-10(11)7-12/h4-8H,12H2,1-3H3/b6-5-,9-4+,10-7+. The molecule has 2 heteroatoms. The summed E-state index contributed by atoms with van der Waals surface area (Å²) < 4.78 is 12.5. The van der Waals surface area contributed by atoms with Crippen LogP contribution in [0.1, 0.15) is 20.8 Å². The van der Waals surface area contributed by atoms with Crippen molar-refractivity contribution < 1.29 is 4.39 Å². The Labute approximate surface area is 73.5 Å². The smallest absolute Gasteiger partial charge is 0.138 e. The first-order chi connectivity index (χ1) is 5.61. The van der Waals surface area contributed by atoms with E-state index in [2.05, 4.69) is 13.8 Å². The molecule has 0 unspecified atom stereocenters. The fourth-order valence-electron chi connectivity index (χ4n) is 0.853. The summed E-state index contributed by atoms with van der Waals surface area (Å²) in [6, 6.07) is 0. The summed E-state index contributed by atoms with van der Waals surface area (Å²) in [6.45, 7) is 6.05. The van der Waals surface area contributed by atoms with Gasteiger partial charge in [-0.3, -0.25) is 0 Å². The summed E-state index contributed by atoms with van der Waals surface area (Å²) in [4.78, 5) is 0. The van der Waals surface area contributed by atoms with Gasteiger partial charge in [0.15, 0.2) is 0 Å². The molecule has 68 valence electrons. The van der Waals surface area contributed by atoms with Crippen molar-refractivity contribution >= 4 is 0 Å². The first-order valence-electron chi connectivity index (χ1n) is 4.03. The predicted molar refractivity (Wildman–Crippen MR) is 51.1 cm³/mol. The second kappa shape index (κ2) is 5.58. The van der Waals surface area contributed by atoms with E-state index in [0.29, 0.717) is 5.92 Å². The van der Waals surface area contributed by atoms with E-state index < -0.39 is 5.83 Å². The molecule has 0 aliphatic rings. The van der Waals surface area contributed by atoms with Crippen molar-refractivity contribution in [1.29, 1.82) is 0 Å². The third kappa shape index (κ3) is 3.96. The minimum Gasteiger partial charge on any atom is -0.402 e. The SMILES string of the molecule is C\C=C(/C=C\C(F)=C/N)C(C)C. The van der Waals surface area contributed by atoms with E-state index in [0.717, 1.165) is 11.8 Å². The van der Waals surface area contributed by atoms with Gasteiger partial charge in [-0.2, -0.15) is 0 Å². The highest BCUT2D eigenvalue weighted by molar-refractivity contribution is 5.25. The Morgan fingerprint density at radius 3 is 2.25 bits per heavy atom. The van der Waals surface area contributed by atoms with Gasteiger partial charge in [0.25, 0.3) is 0 Å². The lowest BCUT2D eigenvalue weighted by Crippen LogP contribution is -1.89. The topological polar surface area (TPSA) is 26.0 Å². The first kappa shape index (κ1) is 11.0. The van der Waals surface area contributed by atoms with Gasteiger partial charge >= 0.3 is 0 Å². The van der Waals surface area contributed by atoms with E-state index in [1.165, 1.54) is 6.08 Å². The molecule has 2 N–H and O–H groups in total. The van der Waals surface area contributed by atoms with Gasteiger partial charge in [0.2, 0.25) is 0 Å². The van der Waals surface area contributed by atoms with Crippen LogP contribution in [0.15, 0.2) is 35.8 Å². The van der Waals surface area contributed by atoms with Crippen molar-refractivity contribution in [1.82, 2.24) is 0 Å². The van der Waals surface area contributed by atoms with Gasteiger partial charge in [-0.05, 0) is 24.5 Å². The summed E-state index contributed by atoms with van der Waals surface area (Å²) in [5.74, 6) is 0.00632. The van der Waals surface area contributed by atoms with Crippen LogP contribution in [0.25, 0.3) is 0 Å². The lowest BCUT2D eigenvalue weighted by Gasteiger charge is -2.03. The van der Waals surface area contributed by atoms with Gasteiger partial charge in [-0.15, -0.1) is 0 Å². The predicted octanol–water partition coefficient (Wildman–Crippen LogP) is 2.91. The van der Waals surface area contributed by atoms with Crippen LogP contribution >= 0.6 is 0 Å². The number of rotatable bonds is 3. The second-order valence-electron chi connectivity index (χ2n) is 2.83. The zero-order chi connectivity index (χ0) is 9.56. The molecule has 12 heavy (non-hydrogen) atoms. The van der Waals surface area contributed by atoms with Crippen LogP contribution in [0.4, 0.5) is 4.39 Å². The Hall–Kier alpha value is -1.05. The van der Waals surface area contributed by atoms with Crippen LogP contribution < -0.4 is 5.73 Å². The zero-order valence-electron chi connectivity index (χ0n) is 7.84. The highest BCUT2D eigenvalue weighted by Gasteiger charge is 1.96. The van der Waals surface area contributed by atoms with Crippen LogP contribution in [0.5, 0.6) is 0 Å². The molecule has 0 atom stereocenters. The van der Waals surface area contributed by atoms with Crippen molar-refractivity contribution in [2.75, 3.05) is 0 Å². The van der Waals surface area contributed by atoms with E-state index in [-0.39, 0.29) is 0 Å². The highest BCUT2D eigenvalue weighted by Crippen LogP contribution is 2.11. The van der Waals surface area contributed by atoms with Gasteiger partial charge in [0, 0.05) is 6.20 Å². The number of nitrogens with two attached hydrogens (primary N) is 1. The maximum absolute atomic E-state index is 12.5. The molecule has 0 saturated carbocycles. The molecule has 0 spiro atoms. The molecule has 0 amide bonds. The van der Waals surface area contributed by atoms with Crippen molar-refractivity contribution in [3.05, 3.63) is 35.8 Å². The largest absolute Gasteiger partial charge is 0.402 e. The second-order valence-corrected chi connectivity index (χ2v) is 2.83. The molecule has 0 aliphatic carbocycles. The van der Waals surface area contributed by atoms with E-state index in [4.69, 9.17) is 5.73 Å². The third-order valence-electron chi connectivity index (χ3n) is 1.59. The summed E-state index contributed by atoms with van der Waals surface area (Å²) in [7, 11) is 0. The fraction of sp³-hybridized carbons (Fsp3) is 0.400. The average molecular weight is 169 g/mol. The molecule has 0 saturated heterocycles. The molecular weight excluding hydrogens is 153 g/mol. The molecule has 0 bridgehead atoms. The number of hydrogen-bond acceptors (Lipinski definition) is 1. The van der Waals surface area contributed by atoms with Gasteiger partial charge in [0.1, 0.15) is 5.83 Å². The minimum atomic E-state index is -0.407. The van der Waals surface area contributed by atoms with Crippen LogP contribution in [0.2, 0.25) is 0 Å². The molecule has 0 aromatic carbocycles. The van der Waals surface area contributed by atoms with Crippen LogP contribution in [0, 0.1) is 5.92 Å². The van der Waals surface area contributed by atoms with Crippen molar-refractivity contribution in [3.8, 4) is 0 Å². The maximum atomic E-state index is 12.5. The van der Waals surface area contributed by atoms with Crippen LogP contribution in [0.3, 0.4) is 0 Å². The van der Waals surface area contributed by atoms with E-state index >= 15 is 0 Å². The van der Waals surface area contributed by atoms with Crippen molar-refractivity contribution in [3.63, 3.8) is 0 Å². The van der Waals surface area contributed by atoms with Gasteiger partial charge in [-0.1, -0.05) is 26.0 Å². The Bertz CT molecular complexity index is 212. The summed E-state index contributed by atoms with van der Waals surface area (Å²) >= 11 is 0.